The van der Waals surface area contributed by atoms with Crippen LogP contribution < -0.4 is 21.9 Å². The van der Waals surface area contributed by atoms with Gasteiger partial charge in [0, 0.05) is 19.3 Å². The summed E-state index contributed by atoms with van der Waals surface area (Å²) >= 11 is 0. The van der Waals surface area contributed by atoms with Gasteiger partial charge in [-0.1, -0.05) is 18.2 Å². The molecule has 1 saturated heterocycles. The molecule has 2 aromatic carbocycles. The van der Waals surface area contributed by atoms with Crippen molar-refractivity contribution >= 4 is 22.9 Å². The Hall–Kier alpha value is -4.34. The van der Waals surface area contributed by atoms with Crippen molar-refractivity contribution in [2.24, 2.45) is 0 Å². The van der Waals surface area contributed by atoms with E-state index in [1.165, 1.54) is 17.7 Å². The zero-order valence-corrected chi connectivity index (χ0v) is 19.3. The molecule has 10 heteroatoms. The van der Waals surface area contributed by atoms with Crippen molar-refractivity contribution in [3.8, 4) is 17.2 Å². The molecule has 5 rings (SSSR count). The minimum Gasteiger partial charge on any atom is -0.457 e. The number of allylic oxidation sites excluding steroid dienone is 1. The summed E-state index contributed by atoms with van der Waals surface area (Å²) in [4.78, 5) is 24.1. The van der Waals surface area contributed by atoms with Crippen molar-refractivity contribution in [3.05, 3.63) is 77.1 Å². The number of hydrogen-bond acceptors (Lipinski definition) is 7. The lowest BCUT2D eigenvalue weighted by Gasteiger charge is -2.32. The summed E-state index contributed by atoms with van der Waals surface area (Å²) < 4.78 is 22.5. The van der Waals surface area contributed by atoms with Gasteiger partial charge in [-0.25, -0.2) is 9.18 Å². The minimum atomic E-state index is -0.309. The first-order chi connectivity index (χ1) is 16.9. The van der Waals surface area contributed by atoms with Gasteiger partial charge in [0.1, 0.15) is 22.8 Å². The van der Waals surface area contributed by atoms with Crippen LogP contribution in [-0.4, -0.2) is 37.1 Å². The Balaban J connectivity index is 1.58. The largest absolute Gasteiger partial charge is 0.457 e. The van der Waals surface area contributed by atoms with Crippen LogP contribution in [0.4, 0.5) is 16.2 Å². The monoisotopic (exact) mass is 475 g/mol. The Morgan fingerprint density at radius 1 is 1.09 bits per heavy atom. The number of likely N-dealkylation sites (tertiary alicyclic amines) is 1. The fourth-order valence-electron chi connectivity index (χ4n) is 4.57. The number of para-hydroxylation sites is 1. The van der Waals surface area contributed by atoms with Gasteiger partial charge in [0.25, 0.3) is 0 Å². The Bertz CT molecular complexity index is 1440. The van der Waals surface area contributed by atoms with Crippen LogP contribution in [0.5, 0.6) is 11.5 Å². The lowest BCUT2D eigenvalue weighted by atomic mass is 10.1. The van der Waals surface area contributed by atoms with Crippen molar-refractivity contribution in [2.45, 2.75) is 25.8 Å². The number of anilines is 2. The summed E-state index contributed by atoms with van der Waals surface area (Å²) in [5.74, 6) is 1.15. The first-order valence-electron chi connectivity index (χ1n) is 11.4. The average Bonchev–Trinajstić information content (AvgIpc) is 3.12. The predicted octanol–water partition coefficient (Wildman–Crippen LogP) is 4.01. The number of nitrogens with zero attached hydrogens (tertiary/aromatic N) is 5. The van der Waals surface area contributed by atoms with E-state index in [0.29, 0.717) is 41.4 Å². The number of rotatable bonds is 5. The standard InChI is InChI=1S/C25H26FN7O2/c1-16(26)14-31-13-5-6-18(15-31)33-23-21(22(27)29-24(28)30-23)32(25(33)34)17-9-11-20(12-10-17)35-19-7-3-2-4-8-19/h2-4,7-12,14,18H,5-6,13,15H2,1H3,(H4,27,28,29,30)/t18-/m1/s1. The van der Waals surface area contributed by atoms with E-state index in [4.69, 9.17) is 16.2 Å². The Labute approximate surface area is 201 Å². The molecule has 4 N–H and O–H groups in total. The number of imidazole rings is 1. The van der Waals surface area contributed by atoms with Crippen molar-refractivity contribution in [3.63, 3.8) is 0 Å². The van der Waals surface area contributed by atoms with Crippen LogP contribution in [0.15, 0.2) is 71.4 Å². The zero-order chi connectivity index (χ0) is 24.5. The number of benzene rings is 2. The molecule has 3 heterocycles. The summed E-state index contributed by atoms with van der Waals surface area (Å²) in [5, 5.41) is 0. The highest BCUT2D eigenvalue weighted by molar-refractivity contribution is 5.85. The maximum atomic E-state index is 13.8. The van der Waals surface area contributed by atoms with Crippen LogP contribution in [0, 0.1) is 0 Å². The van der Waals surface area contributed by atoms with Crippen LogP contribution in [0.25, 0.3) is 16.9 Å². The summed E-state index contributed by atoms with van der Waals surface area (Å²) in [6, 6.07) is 16.3. The van der Waals surface area contributed by atoms with Crippen LogP contribution >= 0.6 is 0 Å². The third-order valence-electron chi connectivity index (χ3n) is 5.99. The van der Waals surface area contributed by atoms with Gasteiger partial charge in [-0.2, -0.15) is 9.97 Å². The molecule has 0 spiro atoms. The Morgan fingerprint density at radius 2 is 1.80 bits per heavy atom. The van der Waals surface area contributed by atoms with Crippen molar-refractivity contribution < 1.29 is 9.13 Å². The second-order valence-electron chi connectivity index (χ2n) is 8.54. The fraction of sp³-hybridized carbons (Fsp3) is 0.240. The summed E-state index contributed by atoms with van der Waals surface area (Å²) in [6.07, 6.45) is 3.01. The van der Waals surface area contributed by atoms with Crippen LogP contribution in [0.3, 0.4) is 0 Å². The van der Waals surface area contributed by atoms with Crippen LogP contribution in [0.1, 0.15) is 25.8 Å². The highest BCUT2D eigenvalue weighted by Crippen LogP contribution is 2.29. The predicted molar refractivity (Wildman–Crippen MR) is 133 cm³/mol. The highest BCUT2D eigenvalue weighted by Gasteiger charge is 2.28. The van der Waals surface area contributed by atoms with E-state index in [0.717, 1.165) is 12.8 Å². The number of piperidine rings is 1. The van der Waals surface area contributed by atoms with Gasteiger partial charge in [0.05, 0.1) is 11.7 Å². The maximum absolute atomic E-state index is 13.8. The molecule has 0 aliphatic carbocycles. The second-order valence-corrected chi connectivity index (χ2v) is 8.54. The van der Waals surface area contributed by atoms with Crippen LogP contribution in [-0.2, 0) is 0 Å². The first-order valence-corrected chi connectivity index (χ1v) is 11.4. The molecule has 0 radical (unpaired) electrons. The molecule has 180 valence electrons. The molecular weight excluding hydrogens is 449 g/mol. The lowest BCUT2D eigenvalue weighted by molar-refractivity contribution is 0.231. The summed E-state index contributed by atoms with van der Waals surface area (Å²) in [7, 11) is 0. The van der Waals surface area contributed by atoms with E-state index >= 15 is 0 Å². The van der Waals surface area contributed by atoms with Gasteiger partial charge in [-0.05, 0) is 56.2 Å². The first kappa shape index (κ1) is 22.5. The Morgan fingerprint density at radius 3 is 2.51 bits per heavy atom. The van der Waals surface area contributed by atoms with Gasteiger partial charge in [0.2, 0.25) is 5.95 Å². The van der Waals surface area contributed by atoms with E-state index in [1.807, 2.05) is 35.2 Å². The quantitative estimate of drug-likeness (QED) is 0.448. The van der Waals surface area contributed by atoms with Gasteiger partial charge >= 0.3 is 5.69 Å². The SMILES string of the molecule is CC(F)=CN1CCC[C@@H](n2c(=O)n(-c3ccc(Oc4ccccc4)cc3)c3c(N)nc(N)nc32)C1. The summed E-state index contributed by atoms with van der Waals surface area (Å²) in [5.41, 5.74) is 13.2. The van der Waals surface area contributed by atoms with E-state index in [9.17, 15) is 9.18 Å². The molecule has 0 unspecified atom stereocenters. The summed E-state index contributed by atoms with van der Waals surface area (Å²) in [6.45, 7) is 2.59. The lowest BCUT2D eigenvalue weighted by Crippen LogP contribution is -2.37. The van der Waals surface area contributed by atoms with Crippen molar-refractivity contribution in [2.75, 3.05) is 24.6 Å². The number of halogens is 1. The van der Waals surface area contributed by atoms with E-state index in [-0.39, 0.29) is 29.3 Å². The molecular formula is C25H26FN7O2. The van der Waals surface area contributed by atoms with E-state index < -0.39 is 0 Å². The van der Waals surface area contributed by atoms with E-state index in [1.54, 1.807) is 28.8 Å². The topological polar surface area (TPSA) is 117 Å². The molecule has 0 bridgehead atoms. The third-order valence-corrected chi connectivity index (χ3v) is 5.99. The Kier molecular flexibility index (Phi) is 5.86. The molecule has 1 aliphatic heterocycles. The molecule has 1 fully saturated rings. The molecule has 2 aromatic heterocycles. The zero-order valence-electron chi connectivity index (χ0n) is 19.3. The molecule has 1 aliphatic rings. The normalized spacial score (nSPS) is 16.6. The molecule has 4 aromatic rings. The molecule has 35 heavy (non-hydrogen) atoms. The van der Waals surface area contributed by atoms with Gasteiger partial charge < -0.3 is 21.1 Å². The highest BCUT2D eigenvalue weighted by atomic mass is 19.1. The number of ether oxygens (including phenoxy) is 1. The average molecular weight is 476 g/mol. The number of aromatic nitrogens is 4. The molecule has 0 saturated carbocycles. The van der Waals surface area contributed by atoms with Gasteiger partial charge in [-0.3, -0.25) is 9.13 Å². The molecule has 9 nitrogen and oxygen atoms in total. The van der Waals surface area contributed by atoms with Crippen molar-refractivity contribution in [1.82, 2.24) is 24.0 Å². The minimum absolute atomic E-state index is 0.0142. The van der Waals surface area contributed by atoms with Gasteiger partial charge in [-0.15, -0.1) is 0 Å². The third kappa shape index (κ3) is 4.42. The molecule has 0 amide bonds. The van der Waals surface area contributed by atoms with Gasteiger partial charge in [0.15, 0.2) is 11.5 Å². The fourth-order valence-corrected chi connectivity index (χ4v) is 4.57. The van der Waals surface area contributed by atoms with E-state index in [2.05, 4.69) is 9.97 Å². The second kappa shape index (κ2) is 9.13. The maximum Gasteiger partial charge on any atom is 0.335 e. The number of hydrogen-bond donors (Lipinski definition) is 2. The smallest absolute Gasteiger partial charge is 0.335 e. The van der Waals surface area contributed by atoms with Crippen LogP contribution in [0.2, 0.25) is 0 Å². The number of nitrogens with two attached hydrogens (primary N) is 2. The number of fused-ring (bicyclic) bond motifs is 1. The van der Waals surface area contributed by atoms with Crippen molar-refractivity contribution in [1.29, 1.82) is 0 Å². The number of nitrogen functional groups attached to an aromatic ring is 2. The molecule has 1 atom stereocenters.